The third-order valence-corrected chi connectivity index (χ3v) is 6.50. The number of rotatable bonds is 5. The van der Waals surface area contributed by atoms with E-state index in [2.05, 4.69) is 17.1 Å². The summed E-state index contributed by atoms with van der Waals surface area (Å²) in [5, 5.41) is 13.1. The maximum Gasteiger partial charge on any atom is 0.233 e. The van der Waals surface area contributed by atoms with Crippen LogP contribution in [0.4, 0.5) is 0 Å². The number of carbonyl (C=O) groups excluding carboxylic acids is 1. The quantitative estimate of drug-likeness (QED) is 0.650. The topological polar surface area (TPSA) is 78.1 Å². The van der Waals surface area contributed by atoms with E-state index in [0.29, 0.717) is 13.1 Å². The highest BCUT2D eigenvalue weighted by Gasteiger charge is 2.53. The summed E-state index contributed by atoms with van der Waals surface area (Å²) in [5.41, 5.74) is 3.78. The number of hydrogen-bond donors (Lipinski definition) is 0. The van der Waals surface area contributed by atoms with Crippen molar-refractivity contribution in [2.45, 2.75) is 44.7 Å². The molecule has 1 aliphatic carbocycles. The molecule has 0 N–H and O–H groups in total. The molecule has 0 unspecified atom stereocenters. The summed E-state index contributed by atoms with van der Waals surface area (Å²) < 4.78 is 9.19. The van der Waals surface area contributed by atoms with Crippen LogP contribution in [0.1, 0.15) is 36.6 Å². The fourth-order valence-corrected chi connectivity index (χ4v) is 4.58. The zero-order chi connectivity index (χ0) is 20.9. The summed E-state index contributed by atoms with van der Waals surface area (Å²) in [4.78, 5) is 15.6. The molecule has 156 valence electrons. The Morgan fingerprint density at radius 2 is 2.00 bits per heavy atom. The Labute approximate surface area is 175 Å². The number of carbonyl (C=O) groups is 1. The molecule has 2 aromatic heterocycles. The van der Waals surface area contributed by atoms with Gasteiger partial charge in [0.1, 0.15) is 17.8 Å². The average molecular weight is 406 g/mol. The van der Waals surface area contributed by atoms with Crippen molar-refractivity contribution in [1.82, 2.24) is 29.4 Å². The van der Waals surface area contributed by atoms with Crippen LogP contribution >= 0.6 is 0 Å². The molecule has 3 aromatic rings. The van der Waals surface area contributed by atoms with Gasteiger partial charge in [-0.1, -0.05) is 12.1 Å². The zero-order valence-corrected chi connectivity index (χ0v) is 17.6. The SMILES string of the molecule is CCn1cnnc1-c1nn(C)c2c1CN(C(=O)C1(c3ccc(OC)cc3)CC1)CC2. The molecule has 0 atom stereocenters. The number of ether oxygens (including phenoxy) is 1. The Morgan fingerprint density at radius 3 is 2.67 bits per heavy atom. The predicted octanol–water partition coefficient (Wildman–Crippen LogP) is 2.32. The van der Waals surface area contributed by atoms with Gasteiger partial charge in [0.15, 0.2) is 5.82 Å². The van der Waals surface area contributed by atoms with Crippen molar-refractivity contribution in [3.63, 3.8) is 0 Å². The second kappa shape index (κ2) is 6.97. The van der Waals surface area contributed by atoms with E-state index < -0.39 is 5.41 Å². The molecule has 8 nitrogen and oxygen atoms in total. The van der Waals surface area contributed by atoms with Gasteiger partial charge in [-0.15, -0.1) is 10.2 Å². The summed E-state index contributed by atoms with van der Waals surface area (Å²) in [5.74, 6) is 1.79. The average Bonchev–Trinajstić information content (AvgIpc) is 3.35. The maximum atomic E-state index is 13.6. The van der Waals surface area contributed by atoms with Crippen molar-refractivity contribution in [2.24, 2.45) is 7.05 Å². The second-order valence-corrected chi connectivity index (χ2v) is 8.13. The van der Waals surface area contributed by atoms with Crippen molar-refractivity contribution >= 4 is 5.91 Å². The molecule has 0 radical (unpaired) electrons. The number of nitrogens with zero attached hydrogens (tertiary/aromatic N) is 6. The summed E-state index contributed by atoms with van der Waals surface area (Å²) in [6.07, 6.45) is 4.31. The van der Waals surface area contributed by atoms with Gasteiger partial charge >= 0.3 is 0 Å². The molecule has 5 rings (SSSR count). The monoisotopic (exact) mass is 406 g/mol. The lowest BCUT2D eigenvalue weighted by atomic mass is 9.92. The molecule has 0 bridgehead atoms. The number of aromatic nitrogens is 5. The van der Waals surface area contributed by atoms with E-state index in [1.807, 2.05) is 45.5 Å². The molecular weight excluding hydrogens is 380 g/mol. The summed E-state index contributed by atoms with van der Waals surface area (Å²) >= 11 is 0. The number of methoxy groups -OCH3 is 1. The smallest absolute Gasteiger partial charge is 0.233 e. The highest BCUT2D eigenvalue weighted by molar-refractivity contribution is 5.91. The molecule has 1 aromatic carbocycles. The van der Waals surface area contributed by atoms with Gasteiger partial charge < -0.3 is 14.2 Å². The van der Waals surface area contributed by atoms with E-state index in [1.165, 1.54) is 5.69 Å². The number of benzene rings is 1. The van der Waals surface area contributed by atoms with Gasteiger partial charge in [-0.25, -0.2) is 0 Å². The van der Waals surface area contributed by atoms with Crippen molar-refractivity contribution in [3.05, 3.63) is 47.4 Å². The lowest BCUT2D eigenvalue weighted by Gasteiger charge is -2.31. The third kappa shape index (κ3) is 2.81. The molecule has 1 amide bonds. The van der Waals surface area contributed by atoms with E-state index in [1.54, 1.807) is 13.4 Å². The fraction of sp³-hybridized carbons (Fsp3) is 0.455. The first-order chi connectivity index (χ1) is 14.6. The first-order valence-electron chi connectivity index (χ1n) is 10.4. The van der Waals surface area contributed by atoms with Crippen molar-refractivity contribution < 1.29 is 9.53 Å². The molecule has 8 heteroatoms. The summed E-state index contributed by atoms with van der Waals surface area (Å²) in [6, 6.07) is 7.93. The van der Waals surface area contributed by atoms with Crippen LogP contribution in [0.3, 0.4) is 0 Å². The number of hydrogen-bond acceptors (Lipinski definition) is 5. The van der Waals surface area contributed by atoms with Crippen LogP contribution in [0.15, 0.2) is 30.6 Å². The first-order valence-corrected chi connectivity index (χ1v) is 10.4. The van der Waals surface area contributed by atoms with Crippen LogP contribution in [0.25, 0.3) is 11.5 Å². The Kier molecular flexibility index (Phi) is 4.38. The minimum Gasteiger partial charge on any atom is -0.497 e. The number of aryl methyl sites for hydroxylation is 2. The van der Waals surface area contributed by atoms with Crippen molar-refractivity contribution in [2.75, 3.05) is 13.7 Å². The van der Waals surface area contributed by atoms with Gasteiger partial charge in [-0.3, -0.25) is 9.48 Å². The molecule has 0 spiro atoms. The standard InChI is InChI=1S/C22H26N6O2/c1-4-27-14-23-24-20(27)19-17-13-28(12-9-18(17)26(2)25-19)21(29)22(10-11-22)15-5-7-16(30-3)8-6-15/h5-8,14H,4,9-13H2,1-3H3. The van der Waals surface area contributed by atoms with Gasteiger partial charge in [0.05, 0.1) is 12.5 Å². The molecule has 3 heterocycles. The lowest BCUT2D eigenvalue weighted by molar-refractivity contribution is -0.134. The van der Waals surface area contributed by atoms with E-state index in [-0.39, 0.29) is 5.91 Å². The largest absolute Gasteiger partial charge is 0.497 e. The normalized spacial score (nSPS) is 17.0. The minimum atomic E-state index is -0.393. The lowest BCUT2D eigenvalue weighted by Crippen LogP contribution is -2.42. The van der Waals surface area contributed by atoms with Gasteiger partial charge in [-0.05, 0) is 37.5 Å². The fourth-order valence-electron chi connectivity index (χ4n) is 4.58. The Bertz CT molecular complexity index is 1090. The van der Waals surface area contributed by atoms with E-state index >= 15 is 0 Å². The van der Waals surface area contributed by atoms with Crippen LogP contribution in [-0.4, -0.2) is 49.0 Å². The molecule has 30 heavy (non-hydrogen) atoms. The summed E-state index contributed by atoms with van der Waals surface area (Å²) in [6.45, 7) is 4.11. The van der Waals surface area contributed by atoms with Crippen LogP contribution in [0.5, 0.6) is 5.75 Å². The number of amides is 1. The molecule has 1 fully saturated rings. The highest BCUT2D eigenvalue weighted by atomic mass is 16.5. The Morgan fingerprint density at radius 1 is 1.23 bits per heavy atom. The van der Waals surface area contributed by atoms with Gasteiger partial charge in [0.2, 0.25) is 5.91 Å². The van der Waals surface area contributed by atoms with Gasteiger partial charge in [0, 0.05) is 44.4 Å². The van der Waals surface area contributed by atoms with Crippen LogP contribution < -0.4 is 4.74 Å². The number of fused-ring (bicyclic) bond motifs is 1. The van der Waals surface area contributed by atoms with E-state index in [9.17, 15) is 4.79 Å². The first kappa shape index (κ1) is 18.8. The summed E-state index contributed by atoms with van der Waals surface area (Å²) in [7, 11) is 3.62. The Balaban J connectivity index is 1.45. The molecule has 1 aliphatic heterocycles. The van der Waals surface area contributed by atoms with Crippen molar-refractivity contribution in [3.8, 4) is 17.3 Å². The predicted molar refractivity (Wildman–Crippen MR) is 111 cm³/mol. The van der Waals surface area contributed by atoms with Gasteiger partial charge in [-0.2, -0.15) is 5.10 Å². The minimum absolute atomic E-state index is 0.213. The van der Waals surface area contributed by atoms with Crippen LogP contribution in [0.2, 0.25) is 0 Å². The third-order valence-electron chi connectivity index (χ3n) is 6.50. The molecule has 1 saturated carbocycles. The van der Waals surface area contributed by atoms with Crippen molar-refractivity contribution in [1.29, 1.82) is 0 Å². The van der Waals surface area contributed by atoms with Crippen LogP contribution in [-0.2, 0) is 36.8 Å². The van der Waals surface area contributed by atoms with Gasteiger partial charge in [0.25, 0.3) is 0 Å². The highest BCUT2D eigenvalue weighted by Crippen LogP contribution is 2.50. The van der Waals surface area contributed by atoms with E-state index in [0.717, 1.165) is 54.2 Å². The molecule has 0 saturated heterocycles. The molecule has 2 aliphatic rings. The van der Waals surface area contributed by atoms with E-state index in [4.69, 9.17) is 9.84 Å². The second-order valence-electron chi connectivity index (χ2n) is 8.13. The Hall–Kier alpha value is -3.16. The zero-order valence-electron chi connectivity index (χ0n) is 17.6. The van der Waals surface area contributed by atoms with Crippen LogP contribution in [0, 0.1) is 0 Å². The maximum absolute atomic E-state index is 13.6. The molecular formula is C22H26N6O2.